The third-order valence-corrected chi connectivity index (χ3v) is 2.22. The van der Waals surface area contributed by atoms with Crippen LogP contribution in [0.5, 0.6) is 0 Å². The molecule has 0 amide bonds. The van der Waals surface area contributed by atoms with Gasteiger partial charge in [-0.3, -0.25) is 4.79 Å². The molecule has 0 rings (SSSR count). The second kappa shape index (κ2) is 2.40. The largest absolute Gasteiger partial charge is 0.480 e. The molecule has 0 saturated carbocycles. The van der Waals surface area contributed by atoms with E-state index in [1.54, 1.807) is 20.1 Å². The minimum Gasteiger partial charge on any atom is -0.480 e. The van der Waals surface area contributed by atoms with Crippen LogP contribution in [-0.4, -0.2) is 22.1 Å². The van der Waals surface area contributed by atoms with Crippen molar-refractivity contribution in [3.05, 3.63) is 0 Å². The van der Waals surface area contributed by atoms with E-state index in [-0.39, 0.29) is 0 Å². The highest BCUT2D eigenvalue weighted by Gasteiger charge is 2.24. The van der Waals surface area contributed by atoms with Crippen LogP contribution in [0.2, 0.25) is 0 Å². The first kappa shape index (κ1) is 7.82. The molecule has 0 atom stereocenters. The Balaban J connectivity index is 3.91. The third kappa shape index (κ3) is 1.74. The van der Waals surface area contributed by atoms with Gasteiger partial charge in [-0.15, -0.1) is 11.8 Å². The van der Waals surface area contributed by atoms with E-state index in [2.05, 4.69) is 0 Å². The molecule has 0 aromatic heterocycles. The first-order chi connectivity index (χ1) is 3.50. The molecule has 8 heavy (non-hydrogen) atoms. The molecule has 2 nitrogen and oxygen atoms in total. The molecule has 0 aliphatic rings. The van der Waals surface area contributed by atoms with Gasteiger partial charge >= 0.3 is 5.97 Å². The quantitative estimate of drug-likeness (QED) is 0.616. The zero-order chi connectivity index (χ0) is 6.78. The Morgan fingerprint density at radius 3 is 2.00 bits per heavy atom. The molecule has 0 radical (unpaired) electrons. The average Bonchev–Trinajstić information content (AvgIpc) is 1.67. The Labute approximate surface area is 53.3 Å². The summed E-state index contributed by atoms with van der Waals surface area (Å²) in [6.45, 7) is 3.36. The summed E-state index contributed by atoms with van der Waals surface area (Å²) < 4.78 is -0.625. The first-order valence-electron chi connectivity index (χ1n) is 2.29. The van der Waals surface area contributed by atoms with Crippen LogP contribution in [-0.2, 0) is 4.79 Å². The maximum Gasteiger partial charge on any atom is 0.319 e. The molecule has 3 heteroatoms. The molecule has 0 aromatic carbocycles. The number of carboxylic acids is 1. The lowest BCUT2D eigenvalue weighted by Crippen LogP contribution is -2.26. The zero-order valence-electron chi connectivity index (χ0n) is 5.26. The number of carboxylic acid groups (broad SMARTS) is 1. The summed E-state index contributed by atoms with van der Waals surface area (Å²) in [4.78, 5) is 10.2. The fourth-order valence-corrected chi connectivity index (χ4v) is 0.262. The molecule has 1 N–H and O–H groups in total. The van der Waals surface area contributed by atoms with Crippen molar-refractivity contribution in [3.63, 3.8) is 0 Å². The molecule has 0 aliphatic carbocycles. The summed E-state index contributed by atoms with van der Waals surface area (Å²) in [5.41, 5.74) is 0. The zero-order valence-corrected chi connectivity index (χ0v) is 6.08. The van der Waals surface area contributed by atoms with Crippen LogP contribution < -0.4 is 0 Å². The molecular weight excluding hydrogens is 124 g/mol. The van der Waals surface area contributed by atoms with Gasteiger partial charge in [0.05, 0.1) is 0 Å². The van der Waals surface area contributed by atoms with Crippen LogP contribution in [0.25, 0.3) is 0 Å². The SMILES string of the molecule is CSC(C)(C)C(=O)O. The molecule has 0 aliphatic heterocycles. The summed E-state index contributed by atoms with van der Waals surface area (Å²) in [7, 11) is 0. The number of carbonyl (C=O) groups is 1. The molecular formula is C5H10O2S. The Hall–Kier alpha value is -0.180. The molecule has 48 valence electrons. The van der Waals surface area contributed by atoms with Gasteiger partial charge in [0.15, 0.2) is 0 Å². The average molecular weight is 134 g/mol. The van der Waals surface area contributed by atoms with E-state index in [0.29, 0.717) is 0 Å². The first-order valence-corrected chi connectivity index (χ1v) is 3.51. The summed E-state index contributed by atoms with van der Waals surface area (Å²) in [5.74, 6) is -0.759. The molecule has 0 fully saturated rings. The predicted octanol–water partition coefficient (Wildman–Crippen LogP) is 1.21. The van der Waals surface area contributed by atoms with E-state index < -0.39 is 10.7 Å². The maximum atomic E-state index is 10.2. The Kier molecular flexibility index (Phi) is 2.34. The normalized spacial score (nSPS) is 11.4. The van der Waals surface area contributed by atoms with Crippen molar-refractivity contribution in [3.8, 4) is 0 Å². The van der Waals surface area contributed by atoms with Gasteiger partial charge < -0.3 is 5.11 Å². The van der Waals surface area contributed by atoms with Gasteiger partial charge in [-0.1, -0.05) is 0 Å². The van der Waals surface area contributed by atoms with Gasteiger partial charge in [-0.05, 0) is 20.1 Å². The molecule has 0 bridgehead atoms. The van der Waals surface area contributed by atoms with Gasteiger partial charge in [-0.2, -0.15) is 0 Å². The second-order valence-electron chi connectivity index (χ2n) is 2.02. The predicted molar refractivity (Wildman–Crippen MR) is 35.2 cm³/mol. The van der Waals surface area contributed by atoms with Gasteiger partial charge in [0.1, 0.15) is 4.75 Å². The second-order valence-corrected chi connectivity index (χ2v) is 3.45. The van der Waals surface area contributed by atoms with Crippen molar-refractivity contribution in [2.75, 3.05) is 6.26 Å². The highest BCUT2D eigenvalue weighted by molar-refractivity contribution is 8.00. The molecule has 0 saturated heterocycles. The molecule has 0 heterocycles. The Morgan fingerprint density at radius 1 is 1.62 bits per heavy atom. The van der Waals surface area contributed by atoms with Crippen LogP contribution in [0.15, 0.2) is 0 Å². The van der Waals surface area contributed by atoms with E-state index >= 15 is 0 Å². The summed E-state index contributed by atoms with van der Waals surface area (Å²) in [6, 6.07) is 0. The summed E-state index contributed by atoms with van der Waals surface area (Å²) >= 11 is 1.34. The summed E-state index contributed by atoms with van der Waals surface area (Å²) in [6.07, 6.45) is 1.79. The fraction of sp³-hybridized carbons (Fsp3) is 0.800. The van der Waals surface area contributed by atoms with Crippen molar-refractivity contribution in [1.82, 2.24) is 0 Å². The van der Waals surface area contributed by atoms with E-state index in [1.807, 2.05) is 0 Å². The van der Waals surface area contributed by atoms with E-state index in [1.165, 1.54) is 11.8 Å². The van der Waals surface area contributed by atoms with Crippen LogP contribution >= 0.6 is 11.8 Å². The standard InChI is InChI=1S/C5H10O2S/c1-5(2,8-3)4(6)7/h1-3H3,(H,6,7). The molecule has 0 spiro atoms. The highest BCUT2D eigenvalue weighted by atomic mass is 32.2. The van der Waals surface area contributed by atoms with Crippen LogP contribution in [0.4, 0.5) is 0 Å². The van der Waals surface area contributed by atoms with Crippen LogP contribution in [0.1, 0.15) is 13.8 Å². The van der Waals surface area contributed by atoms with E-state index in [9.17, 15) is 4.79 Å². The van der Waals surface area contributed by atoms with Crippen molar-refractivity contribution in [2.45, 2.75) is 18.6 Å². The van der Waals surface area contributed by atoms with Crippen molar-refractivity contribution in [1.29, 1.82) is 0 Å². The lowest BCUT2D eigenvalue weighted by molar-refractivity contribution is -0.138. The van der Waals surface area contributed by atoms with Crippen molar-refractivity contribution >= 4 is 17.7 Å². The van der Waals surface area contributed by atoms with E-state index in [0.717, 1.165) is 0 Å². The monoisotopic (exact) mass is 134 g/mol. The molecule has 0 aromatic rings. The number of hydrogen-bond acceptors (Lipinski definition) is 2. The number of aliphatic carboxylic acids is 1. The minimum absolute atomic E-state index is 0.625. The highest BCUT2D eigenvalue weighted by Crippen LogP contribution is 2.20. The lowest BCUT2D eigenvalue weighted by atomic mass is 10.2. The lowest BCUT2D eigenvalue weighted by Gasteiger charge is -2.14. The number of hydrogen-bond donors (Lipinski definition) is 1. The van der Waals surface area contributed by atoms with Crippen LogP contribution in [0, 0.1) is 0 Å². The van der Waals surface area contributed by atoms with Gasteiger partial charge in [0.25, 0.3) is 0 Å². The maximum absolute atomic E-state index is 10.2. The number of rotatable bonds is 2. The topological polar surface area (TPSA) is 37.3 Å². The van der Waals surface area contributed by atoms with E-state index in [4.69, 9.17) is 5.11 Å². The van der Waals surface area contributed by atoms with Gasteiger partial charge in [-0.25, -0.2) is 0 Å². The fourth-order valence-electron chi connectivity index (χ4n) is 0.0873. The Bertz CT molecular complexity index is 98.6. The van der Waals surface area contributed by atoms with Gasteiger partial charge in [0, 0.05) is 0 Å². The summed E-state index contributed by atoms with van der Waals surface area (Å²) in [5, 5.41) is 8.42. The number of thioether (sulfide) groups is 1. The smallest absolute Gasteiger partial charge is 0.319 e. The van der Waals surface area contributed by atoms with Gasteiger partial charge in [0.2, 0.25) is 0 Å². The third-order valence-electron chi connectivity index (χ3n) is 1.03. The minimum atomic E-state index is -0.759. The van der Waals surface area contributed by atoms with Crippen molar-refractivity contribution in [2.24, 2.45) is 0 Å². The molecule has 0 unspecified atom stereocenters. The van der Waals surface area contributed by atoms with Crippen LogP contribution in [0.3, 0.4) is 0 Å². The Morgan fingerprint density at radius 2 is 2.00 bits per heavy atom. The van der Waals surface area contributed by atoms with Crippen molar-refractivity contribution < 1.29 is 9.90 Å².